The molecule has 0 saturated heterocycles. The number of anilines is 1. The van der Waals surface area contributed by atoms with Gasteiger partial charge in [0.15, 0.2) is 5.71 Å². The number of hydrogen-bond acceptors (Lipinski definition) is 4. The van der Waals surface area contributed by atoms with Crippen LogP contribution in [0, 0.1) is 0 Å². The zero-order chi connectivity index (χ0) is 31.1. The SMILES string of the molecule is CCCCCCCC[N+]1=C(/C=C2\C(=O)C(/C=C3/N(CC)c4ccccc4C3(C)C)=C2O)C(C)(C)c2cc(C(=O)O)ccc21. The van der Waals surface area contributed by atoms with Gasteiger partial charge in [-0.05, 0) is 57.0 Å². The summed E-state index contributed by atoms with van der Waals surface area (Å²) in [6.45, 7) is 14.3. The van der Waals surface area contributed by atoms with E-state index in [0.717, 1.165) is 54.3 Å². The van der Waals surface area contributed by atoms with E-state index in [1.54, 1.807) is 12.1 Å². The fourth-order valence-corrected chi connectivity index (χ4v) is 6.99. The summed E-state index contributed by atoms with van der Waals surface area (Å²) in [7, 11) is 0. The van der Waals surface area contributed by atoms with Gasteiger partial charge in [-0.3, -0.25) is 4.79 Å². The quantitative estimate of drug-likeness (QED) is 0.159. The molecule has 0 amide bonds. The van der Waals surface area contributed by atoms with Crippen LogP contribution in [0.25, 0.3) is 0 Å². The highest BCUT2D eigenvalue weighted by Gasteiger charge is 2.47. The number of benzene rings is 2. The minimum atomic E-state index is -0.960. The molecule has 0 unspecified atom stereocenters. The van der Waals surface area contributed by atoms with Crippen molar-refractivity contribution in [2.45, 2.75) is 90.9 Å². The Kier molecular flexibility index (Phi) is 8.26. The van der Waals surface area contributed by atoms with Gasteiger partial charge in [0, 0.05) is 47.5 Å². The molecule has 1 aliphatic carbocycles. The molecule has 6 heteroatoms. The number of carboxylic acids is 1. The first-order chi connectivity index (χ1) is 20.4. The molecule has 43 heavy (non-hydrogen) atoms. The van der Waals surface area contributed by atoms with E-state index < -0.39 is 11.4 Å². The highest BCUT2D eigenvalue weighted by Crippen LogP contribution is 2.49. The number of allylic oxidation sites excluding steroid dienone is 5. The molecule has 0 radical (unpaired) electrons. The van der Waals surface area contributed by atoms with Gasteiger partial charge in [-0.1, -0.05) is 64.7 Å². The van der Waals surface area contributed by atoms with Crippen molar-refractivity contribution >= 4 is 28.8 Å². The second-order valence-electron chi connectivity index (χ2n) is 13.0. The molecule has 6 nitrogen and oxygen atoms in total. The van der Waals surface area contributed by atoms with Crippen molar-refractivity contribution in [2.24, 2.45) is 0 Å². The minimum absolute atomic E-state index is 0.0188. The lowest BCUT2D eigenvalue weighted by atomic mass is 9.77. The highest BCUT2D eigenvalue weighted by molar-refractivity contribution is 6.24. The molecule has 226 valence electrons. The number of Topliss-reactive ketones (excluding diaryl/α,β-unsaturated/α-hetero) is 1. The number of unbranched alkanes of at least 4 members (excludes halogenated alkanes) is 5. The summed E-state index contributed by atoms with van der Waals surface area (Å²) in [5.41, 5.74) is 6.19. The van der Waals surface area contributed by atoms with E-state index in [4.69, 9.17) is 0 Å². The van der Waals surface area contributed by atoms with Crippen LogP contribution in [0.3, 0.4) is 0 Å². The predicted octanol–water partition coefficient (Wildman–Crippen LogP) is 8.14. The Morgan fingerprint density at radius 2 is 1.60 bits per heavy atom. The maximum Gasteiger partial charge on any atom is 0.335 e. The molecule has 3 aliphatic rings. The van der Waals surface area contributed by atoms with Crippen molar-refractivity contribution in [3.8, 4) is 0 Å². The number of hydrogen-bond donors (Lipinski definition) is 2. The van der Waals surface area contributed by atoms with E-state index in [0.29, 0.717) is 11.1 Å². The van der Waals surface area contributed by atoms with Gasteiger partial charge in [0.05, 0.1) is 22.1 Å². The lowest BCUT2D eigenvalue weighted by molar-refractivity contribution is -0.438. The number of nitrogens with zero attached hydrogens (tertiary/aromatic N) is 2. The van der Waals surface area contributed by atoms with Crippen LogP contribution in [0.2, 0.25) is 0 Å². The number of likely N-dealkylation sites (N-methyl/N-ethyl adjacent to an activating group) is 1. The molecule has 0 spiro atoms. The van der Waals surface area contributed by atoms with Gasteiger partial charge in [0.1, 0.15) is 12.3 Å². The monoisotopic (exact) mass is 581 g/mol. The van der Waals surface area contributed by atoms with E-state index >= 15 is 0 Å². The van der Waals surface area contributed by atoms with Crippen LogP contribution in [0.5, 0.6) is 0 Å². The summed E-state index contributed by atoms with van der Waals surface area (Å²) in [4.78, 5) is 27.7. The summed E-state index contributed by atoms with van der Waals surface area (Å²) >= 11 is 0. The topological polar surface area (TPSA) is 80.8 Å². The van der Waals surface area contributed by atoms with E-state index in [9.17, 15) is 19.8 Å². The van der Waals surface area contributed by atoms with Crippen molar-refractivity contribution in [3.05, 3.63) is 93.9 Å². The number of carboxylic acid groups (broad SMARTS) is 1. The van der Waals surface area contributed by atoms with Crippen molar-refractivity contribution in [2.75, 3.05) is 18.0 Å². The van der Waals surface area contributed by atoms with Gasteiger partial charge >= 0.3 is 5.97 Å². The third-order valence-corrected chi connectivity index (χ3v) is 9.55. The lowest BCUT2D eigenvalue weighted by Crippen LogP contribution is -2.32. The first kappa shape index (κ1) is 30.5. The molecule has 0 aromatic heterocycles. The van der Waals surface area contributed by atoms with Gasteiger partial charge < -0.3 is 15.1 Å². The lowest BCUT2D eigenvalue weighted by Gasteiger charge is -2.28. The van der Waals surface area contributed by atoms with Gasteiger partial charge in [0.2, 0.25) is 11.5 Å². The number of aromatic carboxylic acids is 1. The van der Waals surface area contributed by atoms with Gasteiger partial charge in [-0.25, -0.2) is 4.79 Å². The smallest absolute Gasteiger partial charge is 0.335 e. The number of ketones is 1. The fraction of sp³-hybridized carbons (Fsp3) is 0.432. The zero-order valence-corrected chi connectivity index (χ0v) is 26.5. The predicted molar refractivity (Wildman–Crippen MR) is 173 cm³/mol. The Bertz CT molecular complexity index is 1600. The van der Waals surface area contributed by atoms with E-state index in [1.165, 1.54) is 31.2 Å². The third kappa shape index (κ3) is 5.15. The highest BCUT2D eigenvalue weighted by atomic mass is 16.4. The van der Waals surface area contributed by atoms with E-state index in [2.05, 4.69) is 63.2 Å². The molecule has 2 aromatic carbocycles. The summed E-state index contributed by atoms with van der Waals surface area (Å²) < 4.78 is 2.22. The average Bonchev–Trinajstić information content (AvgIpc) is 3.33. The molecule has 0 bridgehead atoms. The maximum atomic E-state index is 13.7. The van der Waals surface area contributed by atoms with Crippen LogP contribution in [0.1, 0.15) is 102 Å². The van der Waals surface area contributed by atoms with E-state index in [-0.39, 0.29) is 22.5 Å². The molecule has 0 fully saturated rings. The molecular weight excluding hydrogens is 536 g/mol. The molecule has 2 aromatic rings. The summed E-state index contributed by atoms with van der Waals surface area (Å²) in [6.07, 6.45) is 10.7. The Hall–Kier alpha value is -3.93. The normalized spacial score (nSPS) is 20.2. The Morgan fingerprint density at radius 1 is 0.907 bits per heavy atom. The van der Waals surface area contributed by atoms with Crippen molar-refractivity contribution in [1.82, 2.24) is 0 Å². The van der Waals surface area contributed by atoms with Crippen LogP contribution < -0.4 is 4.90 Å². The fourth-order valence-electron chi connectivity index (χ4n) is 6.99. The van der Waals surface area contributed by atoms with Crippen LogP contribution >= 0.6 is 0 Å². The second kappa shape index (κ2) is 11.6. The second-order valence-corrected chi connectivity index (χ2v) is 13.0. The summed E-state index contributed by atoms with van der Waals surface area (Å²) in [5, 5.41) is 21.0. The summed E-state index contributed by atoms with van der Waals surface area (Å²) in [5.74, 6) is -1.11. The Morgan fingerprint density at radius 3 is 2.28 bits per heavy atom. The van der Waals surface area contributed by atoms with Gasteiger partial charge in [-0.2, -0.15) is 4.58 Å². The molecule has 2 aliphatic heterocycles. The summed E-state index contributed by atoms with van der Waals surface area (Å²) in [6, 6.07) is 13.6. The number of carbonyl (C=O) groups excluding carboxylic acids is 1. The van der Waals surface area contributed by atoms with Crippen molar-refractivity contribution < 1.29 is 24.4 Å². The van der Waals surface area contributed by atoms with Crippen LogP contribution in [0.4, 0.5) is 11.4 Å². The average molecular weight is 582 g/mol. The third-order valence-electron chi connectivity index (χ3n) is 9.55. The number of fused-ring (bicyclic) bond motifs is 2. The van der Waals surface area contributed by atoms with Crippen LogP contribution in [-0.2, 0) is 15.6 Å². The van der Waals surface area contributed by atoms with Crippen molar-refractivity contribution in [1.29, 1.82) is 0 Å². The molecular formula is C37H45N2O4+. The largest absolute Gasteiger partial charge is 0.506 e. The standard InChI is InChI=1S/C37H44N2O4/c1-7-9-10-11-12-15-20-39-30-19-18-24(35(42)43)21-28(30)37(5,6)32(39)23-26-33(40)25(34(26)41)22-31-36(3,4)27-16-13-14-17-29(27)38(31)8-2/h13-14,16-19,21-23H,7-12,15,20H2,1-6H3,(H-,40,41,42,43)/p+1. The number of aliphatic hydroxyl groups is 1. The molecule has 0 atom stereocenters. The Balaban J connectivity index is 1.52. The van der Waals surface area contributed by atoms with Gasteiger partial charge in [-0.15, -0.1) is 0 Å². The Labute approximate surface area is 255 Å². The first-order valence-electron chi connectivity index (χ1n) is 15.8. The van der Waals surface area contributed by atoms with Gasteiger partial charge in [0.25, 0.3) is 0 Å². The zero-order valence-electron chi connectivity index (χ0n) is 26.5. The number of para-hydroxylation sites is 1. The van der Waals surface area contributed by atoms with Crippen molar-refractivity contribution in [3.63, 3.8) is 0 Å². The van der Waals surface area contributed by atoms with Crippen LogP contribution in [-0.4, -0.2) is 45.3 Å². The number of rotatable bonds is 11. The first-order valence-corrected chi connectivity index (χ1v) is 15.8. The molecule has 2 N–H and O–H groups in total. The molecule has 2 heterocycles. The maximum absolute atomic E-state index is 13.7. The molecule has 0 saturated carbocycles. The van der Waals surface area contributed by atoms with Crippen LogP contribution in [0.15, 0.2) is 77.2 Å². The van der Waals surface area contributed by atoms with E-state index in [1.807, 2.05) is 30.4 Å². The minimum Gasteiger partial charge on any atom is -0.506 e. The molecule has 5 rings (SSSR count). The number of carbonyl (C=O) groups is 2. The number of aliphatic hydroxyl groups excluding tert-OH is 1.